The van der Waals surface area contributed by atoms with E-state index in [2.05, 4.69) is 0 Å². The molecule has 0 radical (unpaired) electrons. The maximum Gasteiger partial charge on any atom is 0.143 e. The molecule has 0 unspecified atom stereocenters. The standard InChI is InChI=1S/C12H4Cl6O/c13-6-3-8(15)7(14)1-4(6)5-2-9(16)10(17)11(18)12(5)19/h1-3,19H. The Kier molecular flexibility index (Phi) is 4.67. The van der Waals surface area contributed by atoms with Crippen LogP contribution in [-0.2, 0) is 0 Å². The lowest BCUT2D eigenvalue weighted by Crippen LogP contribution is -1.85. The lowest BCUT2D eigenvalue weighted by Gasteiger charge is -2.12. The zero-order valence-corrected chi connectivity index (χ0v) is 13.5. The molecular formula is C12H4Cl6O. The molecule has 0 heterocycles. The summed E-state index contributed by atoms with van der Waals surface area (Å²) < 4.78 is 0. The summed E-state index contributed by atoms with van der Waals surface area (Å²) in [5, 5.41) is 11.2. The van der Waals surface area contributed by atoms with Crippen LogP contribution in [-0.4, -0.2) is 5.11 Å². The molecule has 0 aliphatic carbocycles. The normalized spacial score (nSPS) is 10.8. The molecule has 0 bridgehead atoms. The van der Waals surface area contributed by atoms with Gasteiger partial charge in [-0.3, -0.25) is 0 Å². The van der Waals surface area contributed by atoms with Crippen LogP contribution in [0.1, 0.15) is 0 Å². The van der Waals surface area contributed by atoms with Gasteiger partial charge in [-0.05, 0) is 18.2 Å². The van der Waals surface area contributed by atoms with Crippen molar-refractivity contribution in [1.29, 1.82) is 0 Å². The van der Waals surface area contributed by atoms with Gasteiger partial charge >= 0.3 is 0 Å². The van der Waals surface area contributed by atoms with Crippen molar-refractivity contribution in [3.8, 4) is 16.9 Å². The Morgan fingerprint density at radius 1 is 0.579 bits per heavy atom. The Labute approximate surface area is 139 Å². The molecule has 0 saturated carbocycles. The van der Waals surface area contributed by atoms with Crippen LogP contribution in [0.3, 0.4) is 0 Å². The van der Waals surface area contributed by atoms with Gasteiger partial charge in [-0.15, -0.1) is 0 Å². The highest BCUT2D eigenvalue weighted by molar-refractivity contribution is 6.49. The van der Waals surface area contributed by atoms with Crippen molar-refractivity contribution in [2.75, 3.05) is 0 Å². The summed E-state index contributed by atoms with van der Waals surface area (Å²) in [4.78, 5) is 0. The highest BCUT2D eigenvalue weighted by Gasteiger charge is 2.18. The van der Waals surface area contributed by atoms with Crippen LogP contribution in [0.2, 0.25) is 30.1 Å². The van der Waals surface area contributed by atoms with Gasteiger partial charge in [0.1, 0.15) is 10.8 Å². The van der Waals surface area contributed by atoms with Gasteiger partial charge in [0.15, 0.2) is 0 Å². The number of aromatic hydroxyl groups is 1. The monoisotopic (exact) mass is 374 g/mol. The number of phenols is 1. The zero-order valence-electron chi connectivity index (χ0n) is 8.95. The lowest BCUT2D eigenvalue weighted by atomic mass is 10.0. The fourth-order valence-corrected chi connectivity index (χ4v) is 2.77. The van der Waals surface area contributed by atoms with E-state index < -0.39 is 0 Å². The first-order chi connectivity index (χ1) is 8.82. The highest BCUT2D eigenvalue weighted by Crippen LogP contribution is 2.46. The maximum absolute atomic E-state index is 10.0. The van der Waals surface area contributed by atoms with Gasteiger partial charge < -0.3 is 5.11 Å². The molecule has 7 heteroatoms. The van der Waals surface area contributed by atoms with E-state index in [1.165, 1.54) is 18.2 Å². The molecule has 0 fully saturated rings. The first-order valence-electron chi connectivity index (χ1n) is 4.84. The molecule has 0 saturated heterocycles. The summed E-state index contributed by atoms with van der Waals surface area (Å²) >= 11 is 35.5. The molecule has 2 aromatic rings. The molecule has 2 aromatic carbocycles. The second kappa shape index (κ2) is 5.77. The lowest BCUT2D eigenvalue weighted by molar-refractivity contribution is 0.477. The van der Waals surface area contributed by atoms with Crippen LogP contribution >= 0.6 is 69.6 Å². The van der Waals surface area contributed by atoms with E-state index in [4.69, 9.17) is 69.6 Å². The summed E-state index contributed by atoms with van der Waals surface area (Å²) in [6, 6.07) is 4.44. The van der Waals surface area contributed by atoms with Crippen molar-refractivity contribution in [1.82, 2.24) is 0 Å². The summed E-state index contributed by atoms with van der Waals surface area (Å²) in [7, 11) is 0. The SMILES string of the molecule is Oc1c(-c2cc(Cl)c(Cl)cc2Cl)cc(Cl)c(Cl)c1Cl. The van der Waals surface area contributed by atoms with Crippen molar-refractivity contribution in [2.45, 2.75) is 0 Å². The molecule has 0 spiro atoms. The third-order valence-electron chi connectivity index (χ3n) is 2.44. The van der Waals surface area contributed by atoms with E-state index >= 15 is 0 Å². The number of benzene rings is 2. The van der Waals surface area contributed by atoms with Crippen LogP contribution in [0.25, 0.3) is 11.1 Å². The van der Waals surface area contributed by atoms with E-state index in [-0.39, 0.29) is 20.8 Å². The fourth-order valence-electron chi connectivity index (χ4n) is 1.52. The average Bonchev–Trinajstić information content (AvgIpc) is 2.36. The minimum absolute atomic E-state index is 0.0497. The summed E-state index contributed by atoms with van der Waals surface area (Å²) in [5.74, 6) is -0.226. The summed E-state index contributed by atoms with van der Waals surface area (Å²) in [6.45, 7) is 0. The Bertz CT molecular complexity index is 668. The number of hydrogen-bond acceptors (Lipinski definition) is 1. The number of phenolic OH excluding ortho intramolecular Hbond substituents is 1. The molecule has 0 aromatic heterocycles. The second-order valence-corrected chi connectivity index (χ2v) is 6.01. The smallest absolute Gasteiger partial charge is 0.143 e. The van der Waals surface area contributed by atoms with E-state index in [0.29, 0.717) is 26.2 Å². The van der Waals surface area contributed by atoms with E-state index in [9.17, 15) is 5.11 Å². The topological polar surface area (TPSA) is 20.2 Å². The number of rotatable bonds is 1. The zero-order chi connectivity index (χ0) is 14.3. The van der Waals surface area contributed by atoms with Gasteiger partial charge in [0.25, 0.3) is 0 Å². The Morgan fingerprint density at radius 3 is 1.74 bits per heavy atom. The minimum atomic E-state index is -0.226. The van der Waals surface area contributed by atoms with Crippen LogP contribution < -0.4 is 0 Å². The molecule has 0 aliphatic heterocycles. The Hall–Kier alpha value is -0.0200. The van der Waals surface area contributed by atoms with Gasteiger partial charge in [-0.2, -0.15) is 0 Å². The molecule has 19 heavy (non-hydrogen) atoms. The number of halogens is 6. The predicted octanol–water partition coefficient (Wildman–Crippen LogP) is 6.98. The van der Waals surface area contributed by atoms with Crippen LogP contribution in [0.15, 0.2) is 18.2 Å². The van der Waals surface area contributed by atoms with Gasteiger partial charge in [-0.1, -0.05) is 69.6 Å². The van der Waals surface area contributed by atoms with Crippen molar-refractivity contribution in [2.24, 2.45) is 0 Å². The molecule has 2 rings (SSSR count). The van der Waals surface area contributed by atoms with Gasteiger partial charge in [-0.25, -0.2) is 0 Å². The summed E-state index contributed by atoms with van der Waals surface area (Å²) in [5.41, 5.74) is 0.775. The molecule has 1 nitrogen and oxygen atoms in total. The first-order valence-corrected chi connectivity index (χ1v) is 7.11. The largest absolute Gasteiger partial charge is 0.506 e. The average molecular weight is 377 g/mol. The Morgan fingerprint density at radius 2 is 1.11 bits per heavy atom. The number of hydrogen-bond donors (Lipinski definition) is 1. The Balaban J connectivity index is 2.76. The van der Waals surface area contributed by atoms with Crippen LogP contribution in [0, 0.1) is 0 Å². The van der Waals surface area contributed by atoms with Crippen molar-refractivity contribution in [3.05, 3.63) is 48.3 Å². The maximum atomic E-state index is 10.0. The molecule has 1 N–H and O–H groups in total. The molecule has 0 aliphatic rings. The predicted molar refractivity (Wildman–Crippen MR) is 83.6 cm³/mol. The van der Waals surface area contributed by atoms with Crippen molar-refractivity contribution >= 4 is 69.6 Å². The van der Waals surface area contributed by atoms with Crippen LogP contribution in [0.4, 0.5) is 0 Å². The van der Waals surface area contributed by atoms with Crippen molar-refractivity contribution in [3.63, 3.8) is 0 Å². The molecule has 100 valence electrons. The molecular weight excluding hydrogens is 373 g/mol. The quantitative estimate of drug-likeness (QED) is 0.420. The van der Waals surface area contributed by atoms with Gasteiger partial charge in [0, 0.05) is 11.1 Å². The van der Waals surface area contributed by atoms with Gasteiger partial charge in [0.2, 0.25) is 0 Å². The van der Waals surface area contributed by atoms with Crippen molar-refractivity contribution < 1.29 is 5.11 Å². The van der Waals surface area contributed by atoms with E-state index in [1.807, 2.05) is 0 Å². The molecule has 0 amide bonds. The highest BCUT2D eigenvalue weighted by atomic mass is 35.5. The second-order valence-electron chi connectivity index (χ2n) is 3.63. The van der Waals surface area contributed by atoms with E-state index in [0.717, 1.165) is 0 Å². The third kappa shape index (κ3) is 2.87. The minimum Gasteiger partial charge on any atom is -0.506 e. The third-order valence-corrected chi connectivity index (χ3v) is 4.72. The van der Waals surface area contributed by atoms with E-state index in [1.54, 1.807) is 0 Å². The van der Waals surface area contributed by atoms with Crippen LogP contribution in [0.5, 0.6) is 5.75 Å². The van der Waals surface area contributed by atoms with Gasteiger partial charge in [0.05, 0.1) is 25.1 Å². The summed E-state index contributed by atoms with van der Waals surface area (Å²) in [6.07, 6.45) is 0. The molecule has 0 atom stereocenters. The first kappa shape index (κ1) is 15.4. The fraction of sp³-hybridized carbons (Fsp3) is 0.